The van der Waals surface area contributed by atoms with Gasteiger partial charge in [-0.25, -0.2) is 0 Å². The third kappa shape index (κ3) is 4.74. The highest BCUT2D eigenvalue weighted by Gasteiger charge is 2.61. The van der Waals surface area contributed by atoms with Crippen LogP contribution in [0.1, 0.15) is 111 Å². The molecule has 36 heavy (non-hydrogen) atoms. The molecule has 1 unspecified atom stereocenters. The smallest absolute Gasteiger partial charge is 0.136 e. The van der Waals surface area contributed by atoms with Crippen LogP contribution in [0.3, 0.4) is 0 Å². The Bertz CT molecular complexity index is 920. The zero-order valence-electron chi connectivity index (χ0n) is 23.7. The maximum Gasteiger partial charge on any atom is 0.136 e. The summed E-state index contributed by atoms with van der Waals surface area (Å²) in [6, 6.07) is 8.26. The van der Waals surface area contributed by atoms with Gasteiger partial charge in [-0.2, -0.15) is 0 Å². The van der Waals surface area contributed by atoms with Crippen LogP contribution in [0.2, 0.25) is 5.02 Å². The number of hydrogen-bond acceptors (Lipinski definition) is 1. The van der Waals surface area contributed by atoms with Crippen molar-refractivity contribution in [1.82, 2.24) is 0 Å². The molecular formula is C34H51ClO. The molecule has 1 nitrogen and oxygen atoms in total. The molecule has 200 valence electrons. The van der Waals surface area contributed by atoms with Gasteiger partial charge in [0.1, 0.15) is 5.78 Å². The number of halogens is 1. The van der Waals surface area contributed by atoms with Crippen LogP contribution in [-0.4, -0.2) is 5.78 Å². The maximum atomic E-state index is 13.3. The lowest BCUT2D eigenvalue weighted by molar-refractivity contribution is -0.152. The number of hydrogen-bond donors (Lipinski definition) is 0. The van der Waals surface area contributed by atoms with Crippen LogP contribution < -0.4 is 0 Å². The lowest BCUT2D eigenvalue weighted by Gasteiger charge is -2.62. The molecule has 4 fully saturated rings. The van der Waals surface area contributed by atoms with E-state index in [1.54, 1.807) is 0 Å². The molecule has 0 spiro atoms. The molecule has 9 atom stereocenters. The van der Waals surface area contributed by atoms with E-state index in [4.69, 9.17) is 11.6 Å². The van der Waals surface area contributed by atoms with Gasteiger partial charge < -0.3 is 0 Å². The number of carbonyl (C=O) groups is 1. The van der Waals surface area contributed by atoms with Gasteiger partial charge in [0, 0.05) is 17.4 Å². The fraction of sp³-hybridized carbons (Fsp3) is 0.794. The first-order valence-corrected chi connectivity index (χ1v) is 15.8. The lowest BCUT2D eigenvalue weighted by Crippen LogP contribution is -2.56. The van der Waals surface area contributed by atoms with Crippen molar-refractivity contribution in [2.45, 2.75) is 112 Å². The summed E-state index contributed by atoms with van der Waals surface area (Å²) in [5.41, 5.74) is 2.18. The monoisotopic (exact) mass is 510 g/mol. The second-order valence-corrected chi connectivity index (χ2v) is 14.9. The normalized spacial score (nSPS) is 41.0. The van der Waals surface area contributed by atoms with Gasteiger partial charge in [-0.3, -0.25) is 4.79 Å². The summed E-state index contributed by atoms with van der Waals surface area (Å²) in [5.74, 6) is 6.56. The Morgan fingerprint density at radius 1 is 0.861 bits per heavy atom. The molecule has 2 heteroatoms. The standard InChI is InChI=1S/C34H51ClO/c1-22(2)7-6-8-23(3)28-15-16-29-26-13-14-30-27(21-24-9-11-25(35)12-10-24)32(36)18-20-34(30,5)31(26)17-19-33(28,29)4/h9-12,22-23,26-31H,6-8,13-21H2,1-5H3/t23-,26+,27+,28-,29+,30?,31+,33-,34+/m1/s1. The van der Waals surface area contributed by atoms with Crippen LogP contribution in [0.25, 0.3) is 0 Å². The van der Waals surface area contributed by atoms with Crippen molar-refractivity contribution in [2.24, 2.45) is 58.2 Å². The number of fused-ring (bicyclic) bond motifs is 5. The summed E-state index contributed by atoms with van der Waals surface area (Å²) in [6.07, 6.45) is 15.4. The Labute approximate surface area is 226 Å². The highest BCUT2D eigenvalue weighted by molar-refractivity contribution is 6.30. The molecule has 0 heterocycles. The molecule has 4 aliphatic carbocycles. The summed E-state index contributed by atoms with van der Waals surface area (Å²) in [5, 5.41) is 0.786. The van der Waals surface area contributed by atoms with Gasteiger partial charge in [0.05, 0.1) is 0 Å². The molecular weight excluding hydrogens is 460 g/mol. The zero-order valence-corrected chi connectivity index (χ0v) is 24.5. The van der Waals surface area contributed by atoms with Gasteiger partial charge in [-0.15, -0.1) is 0 Å². The highest BCUT2D eigenvalue weighted by atomic mass is 35.5. The van der Waals surface area contributed by atoms with E-state index in [-0.39, 0.29) is 5.92 Å². The van der Waals surface area contributed by atoms with Gasteiger partial charge in [-0.1, -0.05) is 77.6 Å². The van der Waals surface area contributed by atoms with E-state index in [0.29, 0.717) is 22.5 Å². The summed E-state index contributed by atoms with van der Waals surface area (Å²) in [7, 11) is 0. The minimum Gasteiger partial charge on any atom is -0.299 e. The average Bonchev–Trinajstić information content (AvgIpc) is 3.19. The van der Waals surface area contributed by atoms with E-state index in [1.165, 1.54) is 63.4 Å². The van der Waals surface area contributed by atoms with Gasteiger partial charge >= 0.3 is 0 Å². The first kappa shape index (κ1) is 26.8. The number of carbonyl (C=O) groups excluding carboxylic acids is 1. The Hall–Kier alpha value is -0.820. The predicted molar refractivity (Wildman–Crippen MR) is 152 cm³/mol. The molecule has 0 N–H and O–H groups in total. The van der Waals surface area contributed by atoms with E-state index in [1.807, 2.05) is 12.1 Å². The van der Waals surface area contributed by atoms with Crippen LogP contribution in [0.15, 0.2) is 24.3 Å². The number of benzene rings is 1. The van der Waals surface area contributed by atoms with Crippen LogP contribution >= 0.6 is 11.6 Å². The minimum atomic E-state index is 0.205. The van der Waals surface area contributed by atoms with Crippen molar-refractivity contribution in [3.63, 3.8) is 0 Å². The van der Waals surface area contributed by atoms with E-state index in [9.17, 15) is 4.79 Å². The largest absolute Gasteiger partial charge is 0.299 e. The fourth-order valence-corrected chi connectivity index (χ4v) is 10.6. The van der Waals surface area contributed by atoms with Crippen molar-refractivity contribution in [1.29, 1.82) is 0 Å². The molecule has 0 bridgehead atoms. The van der Waals surface area contributed by atoms with Gasteiger partial charge in [-0.05, 0) is 121 Å². The van der Waals surface area contributed by atoms with E-state index in [0.717, 1.165) is 59.8 Å². The van der Waals surface area contributed by atoms with Crippen molar-refractivity contribution >= 4 is 17.4 Å². The Balaban J connectivity index is 1.31. The third-order valence-electron chi connectivity index (χ3n) is 12.3. The molecule has 0 amide bonds. The topological polar surface area (TPSA) is 17.1 Å². The highest BCUT2D eigenvalue weighted by Crippen LogP contribution is 2.68. The van der Waals surface area contributed by atoms with Crippen molar-refractivity contribution in [3.05, 3.63) is 34.9 Å². The minimum absolute atomic E-state index is 0.205. The Morgan fingerprint density at radius 3 is 2.28 bits per heavy atom. The summed E-state index contributed by atoms with van der Waals surface area (Å²) in [4.78, 5) is 13.3. The molecule has 5 rings (SSSR count). The molecule has 0 saturated heterocycles. The second kappa shape index (κ2) is 10.4. The summed E-state index contributed by atoms with van der Waals surface area (Å²) >= 11 is 6.15. The fourth-order valence-electron chi connectivity index (χ4n) is 10.5. The van der Waals surface area contributed by atoms with E-state index < -0.39 is 0 Å². The van der Waals surface area contributed by atoms with E-state index >= 15 is 0 Å². The molecule has 0 aromatic heterocycles. The van der Waals surface area contributed by atoms with Gasteiger partial charge in [0.25, 0.3) is 0 Å². The molecule has 4 aliphatic rings. The van der Waals surface area contributed by atoms with E-state index in [2.05, 4.69) is 46.8 Å². The van der Waals surface area contributed by atoms with Crippen LogP contribution in [0, 0.1) is 58.2 Å². The Morgan fingerprint density at radius 2 is 1.56 bits per heavy atom. The van der Waals surface area contributed by atoms with Crippen molar-refractivity contribution in [2.75, 3.05) is 0 Å². The first-order chi connectivity index (χ1) is 17.1. The molecule has 1 aromatic carbocycles. The maximum absolute atomic E-state index is 13.3. The molecule has 0 radical (unpaired) electrons. The third-order valence-corrected chi connectivity index (χ3v) is 12.6. The average molecular weight is 511 g/mol. The van der Waals surface area contributed by atoms with Crippen LogP contribution in [-0.2, 0) is 11.2 Å². The quantitative estimate of drug-likeness (QED) is 0.356. The second-order valence-electron chi connectivity index (χ2n) is 14.5. The predicted octanol–water partition coefficient (Wildman–Crippen LogP) is 9.80. The number of rotatable bonds is 7. The SMILES string of the molecule is CC(C)CCC[C@@H](C)[C@H]1CC[C@H]2[C@@H]3CCC4[C@H](Cc5ccc(Cl)cc5)C(=O)CC[C@]4(C)[C@H]3CC[C@]12C. The van der Waals surface area contributed by atoms with Crippen LogP contribution in [0.5, 0.6) is 0 Å². The first-order valence-electron chi connectivity index (χ1n) is 15.4. The molecule has 0 aliphatic heterocycles. The van der Waals surface area contributed by atoms with Gasteiger partial charge in [0.2, 0.25) is 0 Å². The summed E-state index contributed by atoms with van der Waals surface area (Å²) < 4.78 is 0. The lowest BCUT2D eigenvalue weighted by atomic mass is 9.43. The Kier molecular flexibility index (Phi) is 7.73. The van der Waals surface area contributed by atoms with Crippen molar-refractivity contribution in [3.8, 4) is 0 Å². The molecule has 1 aromatic rings. The van der Waals surface area contributed by atoms with Crippen LogP contribution in [0.4, 0.5) is 0 Å². The zero-order chi connectivity index (χ0) is 25.7. The summed E-state index contributed by atoms with van der Waals surface area (Å²) in [6.45, 7) is 12.6. The van der Waals surface area contributed by atoms with Crippen molar-refractivity contribution < 1.29 is 4.79 Å². The molecule has 4 saturated carbocycles. The number of Topliss-reactive ketones (excluding diaryl/α,β-unsaturated/α-hetero) is 1. The van der Waals surface area contributed by atoms with Gasteiger partial charge in [0.15, 0.2) is 0 Å². The number of ketones is 1.